The summed E-state index contributed by atoms with van der Waals surface area (Å²) < 4.78 is 61.9. The standard InChI is InChI=1S/C18H20F3N3O6/c19-11-1-4-13(5-2-11)28-10-15(25)22-12-3-6-14(29-9-12)16-23-24-18(30-16)27-8-7-26-17(20)21/h1-2,4-5,12,14,17H,3,6-10H2,(H,22,25)/t12-,14+/m1/s1. The molecule has 164 valence electrons. The number of carbonyl (C=O) groups excluding carboxylic acids is 1. The lowest BCUT2D eigenvalue weighted by Gasteiger charge is -2.27. The molecule has 2 atom stereocenters. The lowest BCUT2D eigenvalue weighted by atomic mass is 10.1. The molecule has 0 saturated carbocycles. The van der Waals surface area contributed by atoms with Crippen molar-refractivity contribution in [2.24, 2.45) is 0 Å². The molecule has 2 heterocycles. The van der Waals surface area contributed by atoms with Crippen LogP contribution in [0.2, 0.25) is 0 Å². The third kappa shape index (κ3) is 6.88. The van der Waals surface area contributed by atoms with Crippen LogP contribution in [0.3, 0.4) is 0 Å². The molecule has 3 rings (SSSR count). The summed E-state index contributed by atoms with van der Waals surface area (Å²) in [5.74, 6) is -0.127. The molecule has 0 unspecified atom stereocenters. The Morgan fingerprint density at radius 1 is 1.17 bits per heavy atom. The minimum Gasteiger partial charge on any atom is -0.484 e. The van der Waals surface area contributed by atoms with Crippen molar-refractivity contribution < 1.29 is 41.3 Å². The van der Waals surface area contributed by atoms with Crippen molar-refractivity contribution in [2.45, 2.75) is 31.6 Å². The van der Waals surface area contributed by atoms with Crippen LogP contribution < -0.4 is 14.8 Å². The Hall–Kier alpha value is -2.86. The SMILES string of the molecule is O=C(COc1ccc(F)cc1)N[C@@H]1CC[C@@H](c2nnc(OCCOC(F)F)o2)OC1. The number of hydrogen-bond acceptors (Lipinski definition) is 8. The van der Waals surface area contributed by atoms with E-state index >= 15 is 0 Å². The van der Waals surface area contributed by atoms with E-state index in [4.69, 9.17) is 18.6 Å². The molecule has 1 saturated heterocycles. The van der Waals surface area contributed by atoms with Gasteiger partial charge in [0, 0.05) is 0 Å². The maximum absolute atomic E-state index is 12.8. The quantitative estimate of drug-likeness (QED) is 0.571. The van der Waals surface area contributed by atoms with Gasteiger partial charge in [-0.2, -0.15) is 8.78 Å². The zero-order valence-corrected chi connectivity index (χ0v) is 15.8. The van der Waals surface area contributed by atoms with Gasteiger partial charge in [0.05, 0.1) is 19.3 Å². The Bertz CT molecular complexity index is 797. The second-order valence-corrected chi connectivity index (χ2v) is 6.29. The number of halogens is 3. The van der Waals surface area contributed by atoms with Crippen LogP contribution in [-0.4, -0.2) is 55.2 Å². The Morgan fingerprint density at radius 3 is 2.67 bits per heavy atom. The summed E-state index contributed by atoms with van der Waals surface area (Å²) in [4.78, 5) is 12.0. The summed E-state index contributed by atoms with van der Waals surface area (Å²) in [6.07, 6.45) is 0.490. The smallest absolute Gasteiger partial charge is 0.414 e. The minimum absolute atomic E-state index is 0.161. The van der Waals surface area contributed by atoms with Crippen molar-refractivity contribution in [3.63, 3.8) is 0 Å². The van der Waals surface area contributed by atoms with Crippen LogP contribution in [0.4, 0.5) is 13.2 Å². The summed E-state index contributed by atoms with van der Waals surface area (Å²) in [5.41, 5.74) is 0. The average molecular weight is 431 g/mol. The number of amides is 1. The number of rotatable bonds is 10. The third-order valence-electron chi connectivity index (χ3n) is 4.07. The van der Waals surface area contributed by atoms with Gasteiger partial charge in [-0.05, 0) is 37.1 Å². The van der Waals surface area contributed by atoms with E-state index in [0.29, 0.717) is 18.6 Å². The molecular weight excluding hydrogens is 411 g/mol. The first-order valence-electron chi connectivity index (χ1n) is 9.15. The van der Waals surface area contributed by atoms with E-state index in [1.807, 2.05) is 0 Å². The molecule has 9 nitrogen and oxygen atoms in total. The van der Waals surface area contributed by atoms with Crippen molar-refractivity contribution in [3.05, 3.63) is 36.0 Å². The molecule has 1 aromatic carbocycles. The van der Waals surface area contributed by atoms with E-state index in [0.717, 1.165) is 0 Å². The Labute approximate surface area is 169 Å². The van der Waals surface area contributed by atoms with Gasteiger partial charge >= 0.3 is 12.7 Å². The highest BCUT2D eigenvalue weighted by Gasteiger charge is 2.28. The molecule has 12 heteroatoms. The number of alkyl halides is 2. The summed E-state index contributed by atoms with van der Waals surface area (Å²) in [7, 11) is 0. The first kappa shape index (κ1) is 21.8. The zero-order valence-electron chi connectivity index (χ0n) is 15.8. The van der Waals surface area contributed by atoms with Crippen molar-refractivity contribution in [1.29, 1.82) is 0 Å². The van der Waals surface area contributed by atoms with Crippen LogP contribution in [0.15, 0.2) is 28.7 Å². The van der Waals surface area contributed by atoms with E-state index in [1.165, 1.54) is 24.3 Å². The maximum Gasteiger partial charge on any atom is 0.414 e. The van der Waals surface area contributed by atoms with E-state index in [2.05, 4.69) is 20.3 Å². The fourth-order valence-corrected chi connectivity index (χ4v) is 2.68. The predicted molar refractivity (Wildman–Crippen MR) is 93.5 cm³/mol. The normalized spacial score (nSPS) is 18.9. The molecule has 0 bridgehead atoms. The van der Waals surface area contributed by atoms with Crippen LogP contribution in [0.25, 0.3) is 0 Å². The molecule has 0 spiro atoms. The van der Waals surface area contributed by atoms with Gasteiger partial charge in [-0.1, -0.05) is 5.10 Å². The van der Waals surface area contributed by atoms with E-state index < -0.39 is 12.7 Å². The summed E-state index contributed by atoms with van der Waals surface area (Å²) in [5, 5.41) is 10.3. The number of ether oxygens (including phenoxy) is 4. The maximum atomic E-state index is 12.8. The zero-order chi connectivity index (χ0) is 21.3. The van der Waals surface area contributed by atoms with Gasteiger partial charge in [-0.25, -0.2) is 4.39 Å². The van der Waals surface area contributed by atoms with Crippen LogP contribution in [0.5, 0.6) is 11.8 Å². The van der Waals surface area contributed by atoms with Crippen molar-refractivity contribution in [1.82, 2.24) is 15.5 Å². The lowest BCUT2D eigenvalue weighted by molar-refractivity contribution is -0.134. The lowest BCUT2D eigenvalue weighted by Crippen LogP contribution is -2.43. The van der Waals surface area contributed by atoms with Crippen LogP contribution >= 0.6 is 0 Å². The van der Waals surface area contributed by atoms with Crippen LogP contribution in [0.1, 0.15) is 24.8 Å². The number of benzene rings is 1. The molecule has 1 aromatic heterocycles. The van der Waals surface area contributed by atoms with Gasteiger partial charge in [0.25, 0.3) is 5.91 Å². The molecule has 1 amide bonds. The number of carbonyl (C=O) groups is 1. The summed E-state index contributed by atoms with van der Waals surface area (Å²) in [6, 6.07) is 5.15. The van der Waals surface area contributed by atoms with Crippen LogP contribution in [-0.2, 0) is 14.3 Å². The van der Waals surface area contributed by atoms with Gasteiger partial charge in [-0.3, -0.25) is 4.79 Å². The van der Waals surface area contributed by atoms with Gasteiger partial charge in [0.2, 0.25) is 5.89 Å². The Balaban J connectivity index is 1.35. The summed E-state index contributed by atoms with van der Waals surface area (Å²) in [6.45, 7) is -3.32. The Morgan fingerprint density at radius 2 is 1.97 bits per heavy atom. The number of hydrogen-bond donors (Lipinski definition) is 1. The molecule has 2 aromatic rings. The molecule has 1 fully saturated rings. The molecule has 0 aliphatic carbocycles. The first-order chi connectivity index (χ1) is 14.5. The van der Waals surface area contributed by atoms with Gasteiger partial charge in [0.1, 0.15) is 24.3 Å². The average Bonchev–Trinajstić information content (AvgIpc) is 3.20. The first-order valence-corrected chi connectivity index (χ1v) is 9.15. The third-order valence-corrected chi connectivity index (χ3v) is 4.07. The topological polar surface area (TPSA) is 105 Å². The fraction of sp³-hybridized carbons (Fsp3) is 0.500. The molecular formula is C18H20F3N3O6. The molecule has 1 aliphatic heterocycles. The minimum atomic E-state index is -2.87. The van der Waals surface area contributed by atoms with Gasteiger partial charge < -0.3 is 28.7 Å². The Kier molecular flexibility index (Phi) is 7.85. The fourth-order valence-electron chi connectivity index (χ4n) is 2.68. The highest BCUT2D eigenvalue weighted by atomic mass is 19.3. The molecule has 1 N–H and O–H groups in total. The monoisotopic (exact) mass is 431 g/mol. The molecule has 0 radical (unpaired) electrons. The van der Waals surface area contributed by atoms with Gasteiger partial charge in [-0.15, -0.1) is 5.10 Å². The molecule has 30 heavy (non-hydrogen) atoms. The van der Waals surface area contributed by atoms with Crippen LogP contribution in [0, 0.1) is 5.82 Å². The number of aromatic nitrogens is 2. The summed E-state index contributed by atoms with van der Waals surface area (Å²) >= 11 is 0. The molecule has 1 aliphatic rings. The van der Waals surface area contributed by atoms with E-state index in [1.54, 1.807) is 0 Å². The highest BCUT2D eigenvalue weighted by molar-refractivity contribution is 5.77. The number of nitrogens with zero attached hydrogens (tertiary/aromatic N) is 2. The van der Waals surface area contributed by atoms with Gasteiger partial charge in [0.15, 0.2) is 6.61 Å². The number of nitrogens with one attached hydrogen (secondary N) is 1. The van der Waals surface area contributed by atoms with Crippen molar-refractivity contribution in [2.75, 3.05) is 26.4 Å². The largest absolute Gasteiger partial charge is 0.484 e. The van der Waals surface area contributed by atoms with Crippen molar-refractivity contribution >= 4 is 5.91 Å². The highest BCUT2D eigenvalue weighted by Crippen LogP contribution is 2.28. The van der Waals surface area contributed by atoms with Crippen molar-refractivity contribution in [3.8, 4) is 11.8 Å². The second-order valence-electron chi connectivity index (χ2n) is 6.29. The second kappa shape index (κ2) is 10.8. The predicted octanol–water partition coefficient (Wildman–Crippen LogP) is 2.24. The van der Waals surface area contributed by atoms with E-state index in [9.17, 15) is 18.0 Å². The van der Waals surface area contributed by atoms with E-state index in [-0.39, 0.29) is 56.2 Å².